The third-order valence-corrected chi connectivity index (χ3v) is 4.20. The van der Waals surface area contributed by atoms with Crippen molar-refractivity contribution < 1.29 is 21.4 Å². The van der Waals surface area contributed by atoms with Crippen molar-refractivity contribution in [1.29, 1.82) is 0 Å². The van der Waals surface area contributed by atoms with Crippen LogP contribution in [0.15, 0.2) is 47.4 Å². The van der Waals surface area contributed by atoms with Crippen LogP contribution in [-0.4, -0.2) is 8.42 Å². The fourth-order valence-corrected chi connectivity index (χ4v) is 2.87. The Balaban J connectivity index is 2.40. The maximum atomic E-state index is 13.6. The molecule has 0 aliphatic rings. The van der Waals surface area contributed by atoms with Gasteiger partial charge in [-0.3, -0.25) is 0 Å². The third-order valence-electron chi connectivity index (χ3n) is 2.90. The molecular formula is C15H14F2O3S. The molecule has 0 amide bonds. The summed E-state index contributed by atoms with van der Waals surface area (Å²) in [5, 5.41) is 0. The van der Waals surface area contributed by atoms with E-state index >= 15 is 0 Å². The van der Waals surface area contributed by atoms with Crippen LogP contribution in [0.2, 0.25) is 0 Å². The van der Waals surface area contributed by atoms with Gasteiger partial charge in [0.05, 0.1) is 0 Å². The molecule has 0 heterocycles. The van der Waals surface area contributed by atoms with Gasteiger partial charge in [0.2, 0.25) is 0 Å². The molecule has 0 aliphatic carbocycles. The summed E-state index contributed by atoms with van der Waals surface area (Å²) in [5.41, 5.74) is 0.858. The zero-order chi connectivity index (χ0) is 15.6. The molecule has 0 bridgehead atoms. The van der Waals surface area contributed by atoms with E-state index in [1.807, 2.05) is 19.9 Å². The Morgan fingerprint density at radius 3 is 2.14 bits per heavy atom. The SMILES string of the molecule is CC(C)c1cccc(OS(=O)(=O)c2c(F)cccc2F)c1. The molecule has 2 aromatic rings. The van der Waals surface area contributed by atoms with Crippen molar-refractivity contribution in [2.45, 2.75) is 24.7 Å². The lowest BCUT2D eigenvalue weighted by atomic mass is 10.0. The summed E-state index contributed by atoms with van der Waals surface area (Å²) in [5.74, 6) is -2.18. The normalized spacial score (nSPS) is 11.7. The van der Waals surface area contributed by atoms with Crippen LogP contribution in [0.3, 0.4) is 0 Å². The predicted octanol–water partition coefficient (Wildman–Crippen LogP) is 3.86. The second-order valence-corrected chi connectivity index (χ2v) is 6.30. The summed E-state index contributed by atoms with van der Waals surface area (Å²) in [6.45, 7) is 3.87. The fraction of sp³-hybridized carbons (Fsp3) is 0.200. The number of hydrogen-bond acceptors (Lipinski definition) is 3. The van der Waals surface area contributed by atoms with Crippen LogP contribution in [0.25, 0.3) is 0 Å². The van der Waals surface area contributed by atoms with Crippen molar-refractivity contribution in [2.24, 2.45) is 0 Å². The van der Waals surface area contributed by atoms with Gasteiger partial charge in [-0.1, -0.05) is 32.0 Å². The standard InChI is InChI=1S/C15H14F2O3S/c1-10(2)11-5-3-6-12(9-11)20-21(18,19)15-13(16)7-4-8-14(15)17/h3-10H,1-2H3. The Morgan fingerprint density at radius 1 is 1.00 bits per heavy atom. The third kappa shape index (κ3) is 3.39. The van der Waals surface area contributed by atoms with E-state index in [2.05, 4.69) is 0 Å². The lowest BCUT2D eigenvalue weighted by Crippen LogP contribution is -2.14. The van der Waals surface area contributed by atoms with E-state index in [0.29, 0.717) is 0 Å². The minimum absolute atomic E-state index is 0.0175. The van der Waals surface area contributed by atoms with Gasteiger partial charge in [0.1, 0.15) is 17.4 Å². The number of hydrogen-bond donors (Lipinski definition) is 0. The highest BCUT2D eigenvalue weighted by molar-refractivity contribution is 7.87. The van der Waals surface area contributed by atoms with E-state index in [9.17, 15) is 17.2 Å². The molecule has 0 saturated heterocycles. The molecular weight excluding hydrogens is 298 g/mol. The van der Waals surface area contributed by atoms with Crippen molar-refractivity contribution in [3.63, 3.8) is 0 Å². The second-order valence-electron chi connectivity index (χ2n) is 4.82. The maximum Gasteiger partial charge on any atom is 0.345 e. The van der Waals surface area contributed by atoms with Crippen LogP contribution in [0.4, 0.5) is 8.78 Å². The van der Waals surface area contributed by atoms with E-state index < -0.39 is 26.6 Å². The van der Waals surface area contributed by atoms with E-state index in [1.54, 1.807) is 6.07 Å². The first-order chi connectivity index (χ1) is 9.81. The summed E-state index contributed by atoms with van der Waals surface area (Å²) < 4.78 is 56.0. The van der Waals surface area contributed by atoms with Gasteiger partial charge in [-0.05, 0) is 35.7 Å². The molecule has 0 unspecified atom stereocenters. The van der Waals surface area contributed by atoms with Gasteiger partial charge >= 0.3 is 10.1 Å². The monoisotopic (exact) mass is 312 g/mol. The smallest absolute Gasteiger partial charge is 0.345 e. The van der Waals surface area contributed by atoms with Gasteiger partial charge in [0.15, 0.2) is 4.90 Å². The summed E-state index contributed by atoms with van der Waals surface area (Å²) in [4.78, 5) is -1.08. The molecule has 21 heavy (non-hydrogen) atoms. The van der Waals surface area contributed by atoms with Crippen LogP contribution in [0.1, 0.15) is 25.3 Å². The topological polar surface area (TPSA) is 43.4 Å². The van der Waals surface area contributed by atoms with Gasteiger partial charge < -0.3 is 4.18 Å². The molecule has 0 aromatic heterocycles. The Bertz CT molecular complexity index is 735. The molecule has 0 aliphatic heterocycles. The van der Waals surface area contributed by atoms with E-state index in [0.717, 1.165) is 23.8 Å². The van der Waals surface area contributed by atoms with Gasteiger partial charge in [-0.15, -0.1) is 0 Å². The van der Waals surface area contributed by atoms with E-state index in [1.165, 1.54) is 12.1 Å². The van der Waals surface area contributed by atoms with Crippen molar-refractivity contribution in [3.05, 3.63) is 59.7 Å². The molecule has 0 atom stereocenters. The molecule has 0 radical (unpaired) electrons. The zero-order valence-corrected chi connectivity index (χ0v) is 12.3. The van der Waals surface area contributed by atoms with Crippen LogP contribution >= 0.6 is 0 Å². The molecule has 3 nitrogen and oxygen atoms in total. The van der Waals surface area contributed by atoms with Gasteiger partial charge in [0.25, 0.3) is 0 Å². The quantitative estimate of drug-likeness (QED) is 0.805. The average Bonchev–Trinajstić information content (AvgIpc) is 2.37. The Morgan fingerprint density at radius 2 is 1.57 bits per heavy atom. The van der Waals surface area contributed by atoms with Gasteiger partial charge in [0, 0.05) is 0 Å². The minimum atomic E-state index is -4.57. The van der Waals surface area contributed by atoms with E-state index in [4.69, 9.17) is 4.18 Å². The van der Waals surface area contributed by atoms with Crippen molar-refractivity contribution in [2.75, 3.05) is 0 Å². The van der Waals surface area contributed by atoms with Gasteiger partial charge in [-0.25, -0.2) is 8.78 Å². The Kier molecular flexibility index (Phi) is 4.27. The molecule has 0 fully saturated rings. The zero-order valence-electron chi connectivity index (χ0n) is 11.5. The van der Waals surface area contributed by atoms with Crippen LogP contribution < -0.4 is 4.18 Å². The maximum absolute atomic E-state index is 13.6. The fourth-order valence-electron chi connectivity index (χ4n) is 1.82. The first-order valence-electron chi connectivity index (χ1n) is 6.29. The molecule has 2 rings (SSSR count). The number of halogens is 2. The number of benzene rings is 2. The Hall–Kier alpha value is -1.95. The summed E-state index contributed by atoms with van der Waals surface area (Å²) in [6.07, 6.45) is 0. The summed E-state index contributed by atoms with van der Waals surface area (Å²) in [6, 6.07) is 9.20. The lowest BCUT2D eigenvalue weighted by molar-refractivity contribution is 0.459. The first-order valence-corrected chi connectivity index (χ1v) is 7.70. The molecule has 0 N–H and O–H groups in total. The summed E-state index contributed by atoms with van der Waals surface area (Å²) >= 11 is 0. The molecule has 6 heteroatoms. The minimum Gasteiger partial charge on any atom is -0.379 e. The highest BCUT2D eigenvalue weighted by Crippen LogP contribution is 2.25. The largest absolute Gasteiger partial charge is 0.379 e. The van der Waals surface area contributed by atoms with Crippen LogP contribution in [0.5, 0.6) is 5.75 Å². The molecule has 112 valence electrons. The molecule has 0 saturated carbocycles. The second kappa shape index (κ2) is 5.81. The van der Waals surface area contributed by atoms with Crippen molar-refractivity contribution in [1.82, 2.24) is 0 Å². The van der Waals surface area contributed by atoms with Crippen molar-refractivity contribution >= 4 is 10.1 Å². The molecule has 2 aromatic carbocycles. The highest BCUT2D eigenvalue weighted by Gasteiger charge is 2.26. The van der Waals surface area contributed by atoms with Crippen LogP contribution in [-0.2, 0) is 10.1 Å². The van der Waals surface area contributed by atoms with Crippen LogP contribution in [0, 0.1) is 11.6 Å². The van der Waals surface area contributed by atoms with E-state index in [-0.39, 0.29) is 11.7 Å². The van der Waals surface area contributed by atoms with Crippen molar-refractivity contribution in [3.8, 4) is 5.75 Å². The lowest BCUT2D eigenvalue weighted by Gasteiger charge is -2.11. The summed E-state index contributed by atoms with van der Waals surface area (Å²) in [7, 11) is -4.57. The number of rotatable bonds is 4. The van der Waals surface area contributed by atoms with Gasteiger partial charge in [-0.2, -0.15) is 8.42 Å². The average molecular weight is 312 g/mol. The highest BCUT2D eigenvalue weighted by atomic mass is 32.2. The Labute approximate surface area is 122 Å². The predicted molar refractivity (Wildman–Crippen MR) is 74.7 cm³/mol. The molecule has 0 spiro atoms. The first kappa shape index (κ1) is 15.4.